The van der Waals surface area contributed by atoms with E-state index in [1.807, 2.05) is 24.3 Å². The van der Waals surface area contributed by atoms with Crippen molar-refractivity contribution in [3.63, 3.8) is 0 Å². The average molecular weight is 413 g/mol. The lowest BCUT2D eigenvalue weighted by Crippen LogP contribution is -2.12. The number of benzene rings is 3. The second kappa shape index (κ2) is 8.48. The predicted molar refractivity (Wildman–Crippen MR) is 123 cm³/mol. The third-order valence-electron chi connectivity index (χ3n) is 5.20. The molecular formula is C26H23NO4. The molecule has 0 fully saturated rings. The van der Waals surface area contributed by atoms with Crippen LogP contribution in [-0.2, 0) is 0 Å². The molecule has 0 bridgehead atoms. The monoisotopic (exact) mass is 413 g/mol. The summed E-state index contributed by atoms with van der Waals surface area (Å²) in [7, 11) is 1.57. The Hall–Kier alpha value is -3.86. The molecule has 0 radical (unpaired) electrons. The Labute approximate surface area is 180 Å². The van der Waals surface area contributed by atoms with E-state index in [9.17, 15) is 9.59 Å². The topological polar surface area (TPSA) is 68.5 Å². The minimum atomic E-state index is -0.270. The van der Waals surface area contributed by atoms with Crippen molar-refractivity contribution in [2.45, 2.75) is 19.8 Å². The molecule has 5 heteroatoms. The second-order valence-corrected chi connectivity index (χ2v) is 7.65. The summed E-state index contributed by atoms with van der Waals surface area (Å²) < 4.78 is 11.1. The highest BCUT2D eigenvalue weighted by Gasteiger charge is 2.11. The first kappa shape index (κ1) is 20.4. The van der Waals surface area contributed by atoms with E-state index in [-0.39, 0.29) is 11.3 Å². The van der Waals surface area contributed by atoms with Gasteiger partial charge < -0.3 is 14.5 Å². The number of carbonyl (C=O) groups excluding carboxylic acids is 1. The molecule has 0 aliphatic rings. The minimum Gasteiger partial charge on any atom is -0.497 e. The average Bonchev–Trinajstić information content (AvgIpc) is 2.79. The van der Waals surface area contributed by atoms with E-state index in [0.29, 0.717) is 39.6 Å². The highest BCUT2D eigenvalue weighted by molar-refractivity contribution is 6.05. The SMILES string of the molecule is COc1ccc(C(=O)Nc2ccc3oc(-c4ccc(C(C)C)cc4)cc(=O)c3c2)cc1. The number of ether oxygens (including phenoxy) is 1. The number of nitrogens with one attached hydrogen (secondary N) is 1. The second-order valence-electron chi connectivity index (χ2n) is 7.65. The lowest BCUT2D eigenvalue weighted by atomic mass is 10.0. The third kappa shape index (κ3) is 4.36. The van der Waals surface area contributed by atoms with Crippen LogP contribution in [0.4, 0.5) is 5.69 Å². The number of methoxy groups -OCH3 is 1. The normalized spacial score (nSPS) is 11.0. The number of hydrogen-bond acceptors (Lipinski definition) is 4. The Balaban J connectivity index is 1.60. The van der Waals surface area contributed by atoms with Crippen molar-refractivity contribution in [2.75, 3.05) is 12.4 Å². The van der Waals surface area contributed by atoms with Gasteiger partial charge in [0.15, 0.2) is 5.43 Å². The number of amides is 1. The summed E-state index contributed by atoms with van der Waals surface area (Å²) in [4.78, 5) is 25.2. The molecule has 0 spiro atoms. The largest absolute Gasteiger partial charge is 0.497 e. The van der Waals surface area contributed by atoms with Crippen molar-refractivity contribution in [1.82, 2.24) is 0 Å². The summed E-state index contributed by atoms with van der Waals surface area (Å²) in [5, 5.41) is 3.23. The molecule has 0 aliphatic carbocycles. The molecule has 0 atom stereocenters. The lowest BCUT2D eigenvalue weighted by molar-refractivity contribution is 0.102. The van der Waals surface area contributed by atoms with Crippen molar-refractivity contribution in [3.05, 3.63) is 94.1 Å². The van der Waals surface area contributed by atoms with Crippen LogP contribution in [0.3, 0.4) is 0 Å². The molecule has 0 aliphatic heterocycles. The molecule has 1 N–H and O–H groups in total. The van der Waals surface area contributed by atoms with E-state index >= 15 is 0 Å². The molecule has 1 heterocycles. The van der Waals surface area contributed by atoms with Gasteiger partial charge in [0.2, 0.25) is 0 Å². The first-order chi connectivity index (χ1) is 14.9. The molecule has 3 aromatic carbocycles. The summed E-state index contributed by atoms with van der Waals surface area (Å²) in [6.07, 6.45) is 0. The van der Waals surface area contributed by atoms with Crippen LogP contribution in [0.5, 0.6) is 5.75 Å². The van der Waals surface area contributed by atoms with E-state index in [1.165, 1.54) is 11.6 Å². The summed E-state index contributed by atoms with van der Waals surface area (Å²) in [6, 6.07) is 21.4. The zero-order valence-corrected chi connectivity index (χ0v) is 17.6. The Morgan fingerprint density at radius 1 is 0.935 bits per heavy atom. The number of carbonyl (C=O) groups is 1. The first-order valence-electron chi connectivity index (χ1n) is 10.1. The fourth-order valence-electron chi connectivity index (χ4n) is 3.35. The van der Waals surface area contributed by atoms with Gasteiger partial charge in [0.05, 0.1) is 12.5 Å². The van der Waals surface area contributed by atoms with Crippen LogP contribution in [-0.4, -0.2) is 13.0 Å². The van der Waals surface area contributed by atoms with Crippen molar-refractivity contribution < 1.29 is 13.9 Å². The van der Waals surface area contributed by atoms with Crippen molar-refractivity contribution in [1.29, 1.82) is 0 Å². The molecule has 0 unspecified atom stereocenters. The lowest BCUT2D eigenvalue weighted by Gasteiger charge is -2.09. The first-order valence-corrected chi connectivity index (χ1v) is 10.1. The number of fused-ring (bicyclic) bond motifs is 1. The van der Waals surface area contributed by atoms with Crippen molar-refractivity contribution in [3.8, 4) is 17.1 Å². The van der Waals surface area contributed by atoms with Crippen LogP contribution in [0.15, 0.2) is 82.0 Å². The van der Waals surface area contributed by atoms with Gasteiger partial charge in [-0.25, -0.2) is 0 Å². The van der Waals surface area contributed by atoms with Gasteiger partial charge in [0, 0.05) is 22.9 Å². The zero-order valence-electron chi connectivity index (χ0n) is 17.6. The van der Waals surface area contributed by atoms with Crippen LogP contribution in [0.2, 0.25) is 0 Å². The Bertz CT molecular complexity index is 1290. The van der Waals surface area contributed by atoms with E-state index in [0.717, 1.165) is 5.56 Å². The van der Waals surface area contributed by atoms with Crippen LogP contribution >= 0.6 is 0 Å². The standard InChI is InChI=1S/C26H23NO4/c1-16(2)17-4-6-18(7-5-17)25-15-23(28)22-14-20(10-13-24(22)31-25)27-26(29)19-8-11-21(30-3)12-9-19/h4-16H,1-3H3,(H,27,29). The zero-order chi connectivity index (χ0) is 22.0. The number of hydrogen-bond donors (Lipinski definition) is 1. The maximum absolute atomic E-state index is 12.7. The predicted octanol–water partition coefficient (Wildman–Crippen LogP) is 5.84. The van der Waals surface area contributed by atoms with E-state index in [1.54, 1.807) is 49.6 Å². The van der Waals surface area contributed by atoms with E-state index in [2.05, 4.69) is 19.2 Å². The van der Waals surface area contributed by atoms with E-state index in [4.69, 9.17) is 9.15 Å². The summed E-state index contributed by atoms with van der Waals surface area (Å²) in [6.45, 7) is 4.27. The van der Waals surface area contributed by atoms with Gasteiger partial charge in [-0.3, -0.25) is 9.59 Å². The Morgan fingerprint density at radius 2 is 1.65 bits per heavy atom. The fraction of sp³-hybridized carbons (Fsp3) is 0.154. The molecule has 4 aromatic rings. The molecule has 0 saturated heterocycles. The Morgan fingerprint density at radius 3 is 2.29 bits per heavy atom. The molecule has 1 amide bonds. The minimum absolute atomic E-state index is 0.162. The number of anilines is 1. The van der Waals surface area contributed by atoms with Gasteiger partial charge in [-0.2, -0.15) is 0 Å². The highest BCUT2D eigenvalue weighted by Crippen LogP contribution is 2.26. The van der Waals surface area contributed by atoms with Gasteiger partial charge >= 0.3 is 0 Å². The molecule has 156 valence electrons. The highest BCUT2D eigenvalue weighted by atomic mass is 16.5. The van der Waals surface area contributed by atoms with Crippen molar-refractivity contribution in [2.24, 2.45) is 0 Å². The van der Waals surface area contributed by atoms with Crippen LogP contribution in [0, 0.1) is 0 Å². The van der Waals surface area contributed by atoms with E-state index < -0.39 is 0 Å². The summed E-state index contributed by atoms with van der Waals surface area (Å²) in [5.74, 6) is 1.36. The van der Waals surface area contributed by atoms with Crippen LogP contribution in [0.25, 0.3) is 22.3 Å². The van der Waals surface area contributed by atoms with Gasteiger partial charge in [0.1, 0.15) is 17.1 Å². The van der Waals surface area contributed by atoms with Gasteiger partial charge in [-0.05, 0) is 53.9 Å². The van der Waals surface area contributed by atoms with Crippen molar-refractivity contribution >= 4 is 22.6 Å². The maximum atomic E-state index is 12.7. The molecule has 1 aromatic heterocycles. The summed E-state index contributed by atoms with van der Waals surface area (Å²) in [5.41, 5.74) is 3.40. The van der Waals surface area contributed by atoms with Crippen LogP contribution < -0.4 is 15.5 Å². The quantitative estimate of drug-likeness (QED) is 0.446. The maximum Gasteiger partial charge on any atom is 0.255 e. The van der Waals surface area contributed by atoms with Crippen LogP contribution in [0.1, 0.15) is 35.7 Å². The smallest absolute Gasteiger partial charge is 0.255 e. The summed E-state index contributed by atoms with van der Waals surface area (Å²) >= 11 is 0. The number of rotatable bonds is 5. The fourth-order valence-corrected chi connectivity index (χ4v) is 3.35. The Kier molecular flexibility index (Phi) is 5.58. The molecule has 4 rings (SSSR count). The molecule has 31 heavy (non-hydrogen) atoms. The molecular weight excluding hydrogens is 390 g/mol. The molecule has 5 nitrogen and oxygen atoms in total. The van der Waals surface area contributed by atoms with Gasteiger partial charge in [-0.1, -0.05) is 38.1 Å². The molecule has 0 saturated carbocycles. The third-order valence-corrected chi connectivity index (χ3v) is 5.20. The van der Waals surface area contributed by atoms with Gasteiger partial charge in [0.25, 0.3) is 5.91 Å². The van der Waals surface area contributed by atoms with Gasteiger partial charge in [-0.15, -0.1) is 0 Å².